The summed E-state index contributed by atoms with van der Waals surface area (Å²) in [6, 6.07) is 0. The van der Waals surface area contributed by atoms with E-state index >= 15 is 0 Å². The van der Waals surface area contributed by atoms with Gasteiger partial charge in [0.05, 0.1) is 6.61 Å². The Morgan fingerprint density at radius 1 is 1.55 bits per heavy atom. The highest BCUT2D eigenvalue weighted by molar-refractivity contribution is 5.73. The fourth-order valence-electron chi connectivity index (χ4n) is 0.497. The number of ether oxygens (including phenoxy) is 2. The number of methoxy groups -OCH3 is 1. The predicted molar refractivity (Wildman–Crippen MR) is 39.1 cm³/mol. The maximum Gasteiger partial charge on any atom is 0.334 e. The van der Waals surface area contributed by atoms with Crippen LogP contribution in [0.25, 0.3) is 0 Å². The van der Waals surface area contributed by atoms with E-state index in [1.807, 2.05) is 0 Å². The molecular weight excluding hydrogens is 148 g/mol. The fourth-order valence-corrected chi connectivity index (χ4v) is 0.497. The second-order valence-electron chi connectivity index (χ2n) is 2.19. The van der Waals surface area contributed by atoms with Crippen LogP contribution in [0.2, 0.25) is 0 Å². The molecule has 0 saturated carbocycles. The lowest BCUT2D eigenvalue weighted by atomic mass is 10.4. The summed E-state index contributed by atoms with van der Waals surface area (Å²) in [4.78, 5) is 10.6. The van der Waals surface area contributed by atoms with Crippen molar-refractivity contribution in [2.75, 3.05) is 20.3 Å². The van der Waals surface area contributed by atoms with Gasteiger partial charge in [-0.2, -0.15) is 0 Å². The highest BCUT2D eigenvalue weighted by Gasteiger charge is 2.08. The lowest BCUT2D eigenvalue weighted by Gasteiger charge is -2.05. The number of hydrogen-bond donors (Lipinski definition) is 1. The molecule has 4 heteroatoms. The van der Waals surface area contributed by atoms with E-state index in [0.29, 0.717) is 19.6 Å². The second kappa shape index (κ2) is 6.12. The molecule has 0 spiro atoms. The van der Waals surface area contributed by atoms with Crippen LogP contribution in [0.1, 0.15) is 13.3 Å². The summed E-state index contributed by atoms with van der Waals surface area (Å²) in [6.07, 6.45) is -0.368. The van der Waals surface area contributed by atoms with Gasteiger partial charge in [0.15, 0.2) is 0 Å². The lowest BCUT2D eigenvalue weighted by Crippen LogP contribution is -2.20. The normalized spacial score (nSPS) is 12.6. The summed E-state index contributed by atoms with van der Waals surface area (Å²) >= 11 is 0. The molecule has 11 heavy (non-hydrogen) atoms. The van der Waals surface area contributed by atoms with Crippen LogP contribution >= 0.6 is 0 Å². The summed E-state index contributed by atoms with van der Waals surface area (Å²) in [6.45, 7) is 2.24. The number of rotatable bonds is 5. The quantitative estimate of drug-likeness (QED) is 0.454. The third-order valence-corrected chi connectivity index (χ3v) is 1.08. The van der Waals surface area contributed by atoms with Gasteiger partial charge in [0.2, 0.25) is 0 Å². The molecule has 0 heterocycles. The summed E-state index contributed by atoms with van der Waals surface area (Å²) in [5.41, 5.74) is 0. The Morgan fingerprint density at radius 2 is 2.18 bits per heavy atom. The van der Waals surface area contributed by atoms with E-state index in [1.54, 1.807) is 7.11 Å². The molecule has 0 fully saturated rings. The average Bonchev–Trinajstić information content (AvgIpc) is 1.97. The van der Waals surface area contributed by atoms with Crippen molar-refractivity contribution in [3.8, 4) is 0 Å². The fraction of sp³-hybridized carbons (Fsp3) is 0.857. The predicted octanol–water partition coefficient (Wildman–Crippen LogP) is -0.0531. The summed E-state index contributed by atoms with van der Waals surface area (Å²) in [7, 11) is 1.58. The highest BCUT2D eigenvalue weighted by atomic mass is 16.5. The third-order valence-electron chi connectivity index (χ3n) is 1.08. The van der Waals surface area contributed by atoms with Crippen molar-refractivity contribution in [1.29, 1.82) is 0 Å². The number of aliphatic hydroxyl groups excluding tert-OH is 1. The van der Waals surface area contributed by atoms with Crippen LogP contribution in [0.3, 0.4) is 0 Å². The molecule has 0 aliphatic heterocycles. The van der Waals surface area contributed by atoms with Gasteiger partial charge in [0, 0.05) is 20.1 Å². The number of hydrogen-bond acceptors (Lipinski definition) is 4. The minimum Gasteiger partial charge on any atom is -0.464 e. The smallest absolute Gasteiger partial charge is 0.334 e. The molecule has 0 bridgehead atoms. The van der Waals surface area contributed by atoms with Gasteiger partial charge in [0.25, 0.3) is 0 Å². The SMILES string of the molecule is COCCCOC(=O)C(C)O. The topological polar surface area (TPSA) is 55.8 Å². The number of carbonyl (C=O) groups excluding carboxylic acids is 1. The minimum atomic E-state index is -1.03. The van der Waals surface area contributed by atoms with Crippen molar-refractivity contribution in [1.82, 2.24) is 0 Å². The van der Waals surface area contributed by atoms with E-state index < -0.39 is 12.1 Å². The summed E-state index contributed by atoms with van der Waals surface area (Å²) in [5, 5.41) is 8.67. The van der Waals surface area contributed by atoms with E-state index in [2.05, 4.69) is 4.74 Å². The van der Waals surface area contributed by atoms with Gasteiger partial charge in [-0.25, -0.2) is 4.79 Å². The Balaban J connectivity index is 3.18. The van der Waals surface area contributed by atoms with E-state index in [4.69, 9.17) is 9.84 Å². The van der Waals surface area contributed by atoms with E-state index in [-0.39, 0.29) is 0 Å². The molecule has 0 aliphatic rings. The lowest BCUT2D eigenvalue weighted by molar-refractivity contribution is -0.152. The molecule has 1 atom stereocenters. The van der Waals surface area contributed by atoms with Gasteiger partial charge in [-0.3, -0.25) is 0 Å². The molecule has 4 nitrogen and oxygen atoms in total. The maximum absolute atomic E-state index is 10.6. The largest absolute Gasteiger partial charge is 0.464 e. The molecule has 0 aromatic rings. The molecule has 0 aromatic heterocycles. The summed E-state index contributed by atoms with van der Waals surface area (Å²) in [5.74, 6) is -0.582. The molecular formula is C7H14O4. The monoisotopic (exact) mass is 162 g/mol. The van der Waals surface area contributed by atoms with Gasteiger partial charge in [0.1, 0.15) is 6.10 Å². The van der Waals surface area contributed by atoms with E-state index in [1.165, 1.54) is 6.92 Å². The van der Waals surface area contributed by atoms with Gasteiger partial charge < -0.3 is 14.6 Å². The van der Waals surface area contributed by atoms with Crippen molar-refractivity contribution >= 4 is 5.97 Å². The Bertz CT molecular complexity index is 111. The third kappa shape index (κ3) is 5.82. The Labute approximate surface area is 66.1 Å². The van der Waals surface area contributed by atoms with Gasteiger partial charge >= 0.3 is 5.97 Å². The number of aliphatic hydroxyl groups is 1. The van der Waals surface area contributed by atoms with Crippen LogP contribution in [0, 0.1) is 0 Å². The van der Waals surface area contributed by atoms with Crippen LogP contribution in [-0.4, -0.2) is 37.5 Å². The zero-order valence-corrected chi connectivity index (χ0v) is 6.87. The van der Waals surface area contributed by atoms with Crippen LogP contribution in [0.5, 0.6) is 0 Å². The minimum absolute atomic E-state index is 0.303. The van der Waals surface area contributed by atoms with Gasteiger partial charge in [-0.05, 0) is 6.92 Å². The molecule has 0 aromatic carbocycles. The van der Waals surface area contributed by atoms with Crippen molar-refractivity contribution in [2.24, 2.45) is 0 Å². The molecule has 0 aliphatic carbocycles. The number of esters is 1. The number of carbonyl (C=O) groups is 1. The molecule has 0 saturated heterocycles. The van der Waals surface area contributed by atoms with Crippen molar-refractivity contribution in [3.63, 3.8) is 0 Å². The van der Waals surface area contributed by atoms with Crippen LogP contribution in [0.4, 0.5) is 0 Å². The summed E-state index contributed by atoms with van der Waals surface area (Å²) < 4.78 is 9.37. The standard InChI is InChI=1S/C7H14O4/c1-6(8)7(9)11-5-3-4-10-2/h6,8H,3-5H2,1-2H3. The Kier molecular flexibility index (Phi) is 5.78. The van der Waals surface area contributed by atoms with Crippen molar-refractivity contribution in [3.05, 3.63) is 0 Å². The Hall–Kier alpha value is -0.610. The zero-order chi connectivity index (χ0) is 8.69. The maximum atomic E-state index is 10.6. The first-order chi connectivity index (χ1) is 5.18. The van der Waals surface area contributed by atoms with Crippen LogP contribution in [-0.2, 0) is 14.3 Å². The van der Waals surface area contributed by atoms with Crippen LogP contribution in [0.15, 0.2) is 0 Å². The molecule has 0 radical (unpaired) electrons. The van der Waals surface area contributed by atoms with E-state index in [0.717, 1.165) is 0 Å². The molecule has 1 N–H and O–H groups in total. The first kappa shape index (κ1) is 10.4. The average molecular weight is 162 g/mol. The van der Waals surface area contributed by atoms with E-state index in [9.17, 15) is 4.79 Å². The first-order valence-electron chi connectivity index (χ1n) is 3.52. The van der Waals surface area contributed by atoms with Crippen molar-refractivity contribution in [2.45, 2.75) is 19.4 Å². The Morgan fingerprint density at radius 3 is 2.64 bits per heavy atom. The van der Waals surface area contributed by atoms with Gasteiger partial charge in [-0.15, -0.1) is 0 Å². The first-order valence-corrected chi connectivity index (χ1v) is 3.52. The molecule has 0 rings (SSSR count). The molecule has 66 valence electrons. The molecule has 1 unspecified atom stereocenters. The second-order valence-corrected chi connectivity index (χ2v) is 2.19. The molecule has 0 amide bonds. The zero-order valence-electron chi connectivity index (χ0n) is 6.87. The van der Waals surface area contributed by atoms with Crippen molar-refractivity contribution < 1.29 is 19.4 Å². The highest BCUT2D eigenvalue weighted by Crippen LogP contribution is 1.89. The van der Waals surface area contributed by atoms with Gasteiger partial charge in [-0.1, -0.05) is 0 Å². The van der Waals surface area contributed by atoms with Crippen LogP contribution < -0.4 is 0 Å².